The van der Waals surface area contributed by atoms with Crippen molar-refractivity contribution in [2.24, 2.45) is 0 Å². The van der Waals surface area contributed by atoms with Crippen LogP contribution in [-0.2, 0) is 0 Å². The molecule has 0 aliphatic carbocycles. The van der Waals surface area contributed by atoms with Crippen LogP contribution in [0.4, 0.5) is 0 Å². The van der Waals surface area contributed by atoms with Gasteiger partial charge in [-0.25, -0.2) is 9.50 Å². The molecule has 23 heavy (non-hydrogen) atoms. The fourth-order valence-corrected chi connectivity index (χ4v) is 3.90. The molecule has 4 rings (SSSR count). The highest BCUT2D eigenvalue weighted by Gasteiger charge is 2.30. The Morgan fingerprint density at radius 1 is 1.35 bits per heavy atom. The van der Waals surface area contributed by atoms with Gasteiger partial charge in [-0.1, -0.05) is 6.07 Å². The molecule has 5 nitrogen and oxygen atoms in total. The molecule has 0 unspecified atom stereocenters. The molecule has 1 atom stereocenters. The number of nitrogens with zero attached hydrogens (tertiary/aromatic N) is 4. The average Bonchev–Trinajstić information content (AvgIpc) is 3.22. The summed E-state index contributed by atoms with van der Waals surface area (Å²) in [6, 6.07) is 7.84. The summed E-state index contributed by atoms with van der Waals surface area (Å²) in [6.45, 7) is 2.76. The predicted octanol–water partition coefficient (Wildman–Crippen LogP) is 3.47. The van der Waals surface area contributed by atoms with E-state index in [1.54, 1.807) is 4.52 Å². The topological polar surface area (TPSA) is 50.5 Å². The maximum Gasteiger partial charge on any atom is 0.264 e. The van der Waals surface area contributed by atoms with Crippen LogP contribution in [0.2, 0.25) is 0 Å². The zero-order chi connectivity index (χ0) is 15.8. The highest BCUT2D eigenvalue weighted by molar-refractivity contribution is 7.12. The molecule has 0 saturated carbocycles. The first-order valence-electron chi connectivity index (χ1n) is 7.90. The lowest BCUT2D eigenvalue weighted by Gasteiger charge is -2.35. The van der Waals surface area contributed by atoms with Crippen LogP contribution in [0.3, 0.4) is 0 Å². The van der Waals surface area contributed by atoms with Crippen molar-refractivity contribution in [1.82, 2.24) is 19.5 Å². The monoisotopic (exact) mass is 326 g/mol. The lowest BCUT2D eigenvalue weighted by molar-refractivity contribution is 0.0611. The molecule has 118 valence electrons. The minimum Gasteiger partial charge on any atom is -0.329 e. The van der Waals surface area contributed by atoms with E-state index in [0.717, 1.165) is 47.7 Å². The van der Waals surface area contributed by atoms with Crippen molar-refractivity contribution in [2.45, 2.75) is 32.2 Å². The second-order valence-corrected chi connectivity index (χ2v) is 6.88. The summed E-state index contributed by atoms with van der Waals surface area (Å²) < 4.78 is 1.78. The Balaban J connectivity index is 1.69. The Bertz CT molecular complexity index is 840. The summed E-state index contributed by atoms with van der Waals surface area (Å²) in [5.41, 5.74) is 2.75. The second-order valence-electron chi connectivity index (χ2n) is 5.93. The van der Waals surface area contributed by atoms with Crippen LogP contribution in [0.15, 0.2) is 35.8 Å². The van der Waals surface area contributed by atoms with Gasteiger partial charge in [0.15, 0.2) is 5.65 Å². The fraction of sp³-hybridized carbons (Fsp3) is 0.353. The summed E-state index contributed by atoms with van der Waals surface area (Å²) in [7, 11) is 0. The third-order valence-corrected chi connectivity index (χ3v) is 5.16. The molecule has 1 aliphatic heterocycles. The number of aromatic nitrogens is 3. The van der Waals surface area contributed by atoms with Crippen molar-refractivity contribution in [3.63, 3.8) is 0 Å². The van der Waals surface area contributed by atoms with Crippen molar-refractivity contribution >= 4 is 22.9 Å². The number of rotatable bonds is 2. The van der Waals surface area contributed by atoms with E-state index in [2.05, 4.69) is 5.10 Å². The quantitative estimate of drug-likeness (QED) is 0.724. The Kier molecular flexibility index (Phi) is 3.61. The van der Waals surface area contributed by atoms with E-state index < -0.39 is 0 Å². The molecule has 3 aromatic heterocycles. The van der Waals surface area contributed by atoms with Crippen LogP contribution in [0.1, 0.15) is 46.4 Å². The number of aryl methyl sites for hydroxylation is 1. The zero-order valence-corrected chi connectivity index (χ0v) is 13.8. The third kappa shape index (κ3) is 2.63. The SMILES string of the molecule is Cc1cc2nc([C@@H]3CCCCN3C(=O)c3cccs3)ccn2n1. The van der Waals surface area contributed by atoms with Gasteiger partial charge < -0.3 is 4.90 Å². The first-order chi connectivity index (χ1) is 11.2. The van der Waals surface area contributed by atoms with Crippen molar-refractivity contribution < 1.29 is 4.79 Å². The highest BCUT2D eigenvalue weighted by atomic mass is 32.1. The van der Waals surface area contributed by atoms with Gasteiger partial charge in [0, 0.05) is 18.8 Å². The van der Waals surface area contributed by atoms with Crippen molar-refractivity contribution in [2.75, 3.05) is 6.54 Å². The van der Waals surface area contributed by atoms with E-state index in [-0.39, 0.29) is 11.9 Å². The molecule has 4 heterocycles. The average molecular weight is 326 g/mol. The third-order valence-electron chi connectivity index (χ3n) is 4.31. The van der Waals surface area contributed by atoms with Crippen LogP contribution < -0.4 is 0 Å². The van der Waals surface area contributed by atoms with E-state index in [4.69, 9.17) is 4.98 Å². The minimum absolute atomic E-state index is 0.0542. The van der Waals surface area contributed by atoms with E-state index in [0.29, 0.717) is 0 Å². The lowest BCUT2D eigenvalue weighted by atomic mass is 9.99. The number of hydrogen-bond donors (Lipinski definition) is 0. The number of piperidine rings is 1. The maximum absolute atomic E-state index is 12.8. The molecule has 0 bridgehead atoms. The van der Waals surface area contributed by atoms with Crippen molar-refractivity contribution in [1.29, 1.82) is 0 Å². The van der Waals surface area contributed by atoms with Crippen LogP contribution in [0.25, 0.3) is 5.65 Å². The zero-order valence-electron chi connectivity index (χ0n) is 13.0. The molecular weight excluding hydrogens is 308 g/mol. The van der Waals surface area contributed by atoms with E-state index in [1.165, 1.54) is 11.3 Å². The summed E-state index contributed by atoms with van der Waals surface area (Å²) in [4.78, 5) is 20.3. The largest absolute Gasteiger partial charge is 0.329 e. The first kappa shape index (κ1) is 14.4. The number of carbonyl (C=O) groups is 1. The van der Waals surface area contributed by atoms with Gasteiger partial charge in [0.2, 0.25) is 0 Å². The van der Waals surface area contributed by atoms with Gasteiger partial charge in [0.05, 0.1) is 22.3 Å². The van der Waals surface area contributed by atoms with Gasteiger partial charge in [-0.05, 0) is 43.7 Å². The summed E-state index contributed by atoms with van der Waals surface area (Å²) in [5.74, 6) is 0.121. The Labute approximate surface area is 138 Å². The van der Waals surface area contributed by atoms with Gasteiger partial charge in [0.1, 0.15) is 0 Å². The maximum atomic E-state index is 12.8. The number of carbonyl (C=O) groups excluding carboxylic acids is 1. The van der Waals surface area contributed by atoms with Gasteiger partial charge >= 0.3 is 0 Å². The van der Waals surface area contributed by atoms with Crippen molar-refractivity contribution in [3.05, 3.63) is 52.1 Å². The number of likely N-dealkylation sites (tertiary alicyclic amines) is 1. The Hall–Kier alpha value is -2.21. The number of amides is 1. The lowest BCUT2D eigenvalue weighted by Crippen LogP contribution is -2.38. The predicted molar refractivity (Wildman–Crippen MR) is 89.7 cm³/mol. The Morgan fingerprint density at radius 3 is 3.09 bits per heavy atom. The summed E-state index contributed by atoms with van der Waals surface area (Å²) >= 11 is 1.50. The van der Waals surface area contributed by atoms with E-state index in [9.17, 15) is 4.79 Å². The normalized spacial score (nSPS) is 18.5. The number of thiophene rings is 1. The van der Waals surface area contributed by atoms with Crippen LogP contribution >= 0.6 is 11.3 Å². The highest BCUT2D eigenvalue weighted by Crippen LogP contribution is 2.32. The van der Waals surface area contributed by atoms with Crippen LogP contribution in [0.5, 0.6) is 0 Å². The molecule has 0 radical (unpaired) electrons. The molecule has 1 aliphatic rings. The van der Waals surface area contributed by atoms with Crippen molar-refractivity contribution in [3.8, 4) is 0 Å². The first-order valence-corrected chi connectivity index (χ1v) is 8.78. The summed E-state index contributed by atoms with van der Waals surface area (Å²) in [5, 5.41) is 6.32. The number of hydrogen-bond acceptors (Lipinski definition) is 4. The molecule has 1 fully saturated rings. The van der Waals surface area contributed by atoms with E-state index >= 15 is 0 Å². The van der Waals surface area contributed by atoms with Gasteiger partial charge in [-0.3, -0.25) is 4.79 Å². The molecule has 1 saturated heterocycles. The smallest absolute Gasteiger partial charge is 0.264 e. The molecule has 1 amide bonds. The Morgan fingerprint density at radius 2 is 2.26 bits per heavy atom. The molecule has 6 heteroatoms. The molecule has 3 aromatic rings. The van der Waals surface area contributed by atoms with E-state index in [1.807, 2.05) is 47.7 Å². The standard InChI is InChI=1S/C17H18N4OS/c1-12-11-16-18-13(7-9-21(16)19-12)14-5-2-3-8-20(14)17(22)15-6-4-10-23-15/h4,6-7,9-11,14H,2-3,5,8H2,1H3/t14-/m0/s1. The van der Waals surface area contributed by atoms with Crippen LogP contribution in [-0.4, -0.2) is 31.9 Å². The minimum atomic E-state index is 0.0542. The number of fused-ring (bicyclic) bond motifs is 1. The second kappa shape index (κ2) is 5.77. The molecule has 0 N–H and O–H groups in total. The van der Waals surface area contributed by atoms with Crippen LogP contribution in [0, 0.1) is 6.92 Å². The fourth-order valence-electron chi connectivity index (χ4n) is 3.22. The van der Waals surface area contributed by atoms with Gasteiger partial charge in [-0.2, -0.15) is 5.10 Å². The summed E-state index contributed by atoms with van der Waals surface area (Å²) in [6.07, 6.45) is 5.09. The van der Waals surface area contributed by atoms with Gasteiger partial charge in [0.25, 0.3) is 5.91 Å². The molecule has 0 aromatic carbocycles. The molecule has 0 spiro atoms. The molecular formula is C17H18N4OS. The van der Waals surface area contributed by atoms with Gasteiger partial charge in [-0.15, -0.1) is 11.3 Å².